The number of urea groups is 1. The number of nitrogens with zero attached hydrogens (tertiary/aromatic N) is 1. The lowest BCUT2D eigenvalue weighted by Gasteiger charge is -2.27. The van der Waals surface area contributed by atoms with Gasteiger partial charge >= 0.3 is 18.0 Å². The number of esters is 1. The van der Waals surface area contributed by atoms with Crippen LogP contribution in [0.15, 0.2) is 0 Å². The number of rotatable bonds is 8. The van der Waals surface area contributed by atoms with E-state index in [9.17, 15) is 14.4 Å². The minimum atomic E-state index is -1.16. The number of methoxy groups -OCH3 is 2. The largest absolute Gasteiger partial charge is 0.480 e. The topological polar surface area (TPSA) is 105 Å². The van der Waals surface area contributed by atoms with E-state index < -0.39 is 24.0 Å². The van der Waals surface area contributed by atoms with E-state index in [2.05, 4.69) is 10.1 Å². The van der Waals surface area contributed by atoms with Crippen LogP contribution in [0.5, 0.6) is 0 Å². The number of ether oxygens (including phenoxy) is 2. The predicted molar refractivity (Wildman–Crippen MR) is 70.3 cm³/mol. The SMILES string of the molecule is COCCC(NC(=O)N(CC(=O)OC)C(C)C)C(=O)O. The van der Waals surface area contributed by atoms with Gasteiger partial charge in [0.15, 0.2) is 0 Å². The molecule has 1 unspecified atom stereocenters. The van der Waals surface area contributed by atoms with Crippen molar-refractivity contribution < 1.29 is 29.0 Å². The molecule has 1 atom stereocenters. The number of hydrogen-bond acceptors (Lipinski definition) is 5. The predicted octanol–water partition coefficient (Wildman–Crippen LogP) is 0.0691. The molecule has 0 saturated heterocycles. The van der Waals surface area contributed by atoms with Crippen molar-refractivity contribution in [2.24, 2.45) is 0 Å². The minimum absolute atomic E-state index is 0.141. The highest BCUT2D eigenvalue weighted by Crippen LogP contribution is 2.02. The van der Waals surface area contributed by atoms with Crippen LogP contribution >= 0.6 is 0 Å². The van der Waals surface area contributed by atoms with E-state index in [1.165, 1.54) is 19.1 Å². The molecule has 2 N–H and O–H groups in total. The van der Waals surface area contributed by atoms with Crippen LogP contribution in [0.2, 0.25) is 0 Å². The van der Waals surface area contributed by atoms with Gasteiger partial charge in [0.2, 0.25) is 0 Å². The van der Waals surface area contributed by atoms with E-state index in [1.54, 1.807) is 13.8 Å². The molecule has 0 aliphatic carbocycles. The first-order chi connectivity index (χ1) is 9.33. The van der Waals surface area contributed by atoms with E-state index in [0.29, 0.717) is 0 Å². The Morgan fingerprint density at radius 3 is 2.25 bits per heavy atom. The first-order valence-corrected chi connectivity index (χ1v) is 6.19. The normalized spacial score (nSPS) is 11.8. The summed E-state index contributed by atoms with van der Waals surface area (Å²) in [7, 11) is 2.66. The Bertz CT molecular complexity index is 345. The van der Waals surface area contributed by atoms with Crippen molar-refractivity contribution in [3.05, 3.63) is 0 Å². The highest BCUT2D eigenvalue weighted by atomic mass is 16.5. The van der Waals surface area contributed by atoms with Crippen LogP contribution in [0.4, 0.5) is 4.79 Å². The van der Waals surface area contributed by atoms with Crippen LogP contribution in [0.1, 0.15) is 20.3 Å². The maximum Gasteiger partial charge on any atom is 0.326 e. The molecular formula is C12H22N2O6. The molecule has 0 aliphatic heterocycles. The van der Waals surface area contributed by atoms with E-state index in [-0.39, 0.29) is 25.6 Å². The molecule has 0 aromatic rings. The standard InChI is InChI=1S/C12H22N2O6/c1-8(2)14(7-10(15)20-4)12(18)13-9(11(16)17)5-6-19-3/h8-9H,5-7H2,1-4H3,(H,13,18)(H,16,17). The highest BCUT2D eigenvalue weighted by molar-refractivity contribution is 5.85. The molecule has 116 valence electrons. The third-order valence-corrected chi connectivity index (χ3v) is 2.62. The summed E-state index contributed by atoms with van der Waals surface area (Å²) in [5.74, 6) is -1.73. The van der Waals surface area contributed by atoms with Crippen molar-refractivity contribution in [2.45, 2.75) is 32.4 Å². The van der Waals surface area contributed by atoms with Crippen molar-refractivity contribution in [1.29, 1.82) is 0 Å². The van der Waals surface area contributed by atoms with Gasteiger partial charge in [0.05, 0.1) is 7.11 Å². The smallest absolute Gasteiger partial charge is 0.326 e. The Labute approximate surface area is 118 Å². The second-order valence-corrected chi connectivity index (χ2v) is 4.42. The lowest BCUT2D eigenvalue weighted by Crippen LogP contribution is -2.52. The van der Waals surface area contributed by atoms with Gasteiger partial charge in [0, 0.05) is 26.2 Å². The number of carboxylic acid groups (broad SMARTS) is 1. The van der Waals surface area contributed by atoms with Gasteiger partial charge in [0.25, 0.3) is 0 Å². The molecule has 0 rings (SSSR count). The Morgan fingerprint density at radius 2 is 1.85 bits per heavy atom. The number of carbonyl (C=O) groups excluding carboxylic acids is 2. The number of aliphatic carboxylic acids is 1. The molecule has 0 heterocycles. The third kappa shape index (κ3) is 6.37. The minimum Gasteiger partial charge on any atom is -0.480 e. The molecule has 2 amide bonds. The summed E-state index contributed by atoms with van der Waals surface area (Å²) in [4.78, 5) is 35.5. The summed E-state index contributed by atoms with van der Waals surface area (Å²) < 4.78 is 9.29. The van der Waals surface area contributed by atoms with Crippen LogP contribution in [0.25, 0.3) is 0 Å². The fourth-order valence-electron chi connectivity index (χ4n) is 1.42. The molecule has 0 aromatic heterocycles. The van der Waals surface area contributed by atoms with Gasteiger partial charge in [-0.05, 0) is 13.8 Å². The molecule has 0 bridgehead atoms. The van der Waals surface area contributed by atoms with Crippen molar-refractivity contribution in [2.75, 3.05) is 27.4 Å². The van der Waals surface area contributed by atoms with Gasteiger partial charge < -0.3 is 24.8 Å². The number of carboxylic acids is 1. The zero-order valence-corrected chi connectivity index (χ0v) is 12.2. The van der Waals surface area contributed by atoms with E-state index in [4.69, 9.17) is 9.84 Å². The molecule has 0 saturated carbocycles. The maximum absolute atomic E-state index is 12.0. The number of nitrogens with one attached hydrogen (secondary N) is 1. The molecular weight excluding hydrogens is 268 g/mol. The van der Waals surface area contributed by atoms with Crippen molar-refractivity contribution in [3.8, 4) is 0 Å². The fraction of sp³-hybridized carbons (Fsp3) is 0.750. The van der Waals surface area contributed by atoms with Crippen LogP contribution in [0, 0.1) is 0 Å². The van der Waals surface area contributed by atoms with Crippen LogP contribution in [0.3, 0.4) is 0 Å². The Hall–Kier alpha value is -1.83. The monoisotopic (exact) mass is 290 g/mol. The van der Waals surface area contributed by atoms with Gasteiger partial charge in [-0.25, -0.2) is 9.59 Å². The first-order valence-electron chi connectivity index (χ1n) is 6.19. The fourth-order valence-corrected chi connectivity index (χ4v) is 1.42. The summed E-state index contributed by atoms with van der Waals surface area (Å²) in [5, 5.41) is 11.4. The molecule has 0 aromatic carbocycles. The van der Waals surface area contributed by atoms with Crippen LogP contribution in [-0.2, 0) is 19.1 Å². The summed E-state index contributed by atoms with van der Waals surface area (Å²) >= 11 is 0. The maximum atomic E-state index is 12.0. The molecule has 8 nitrogen and oxygen atoms in total. The van der Waals surface area contributed by atoms with E-state index >= 15 is 0 Å². The van der Waals surface area contributed by atoms with Gasteiger partial charge in [0.1, 0.15) is 12.6 Å². The number of hydrogen-bond donors (Lipinski definition) is 2. The van der Waals surface area contributed by atoms with Crippen LogP contribution < -0.4 is 5.32 Å². The highest BCUT2D eigenvalue weighted by Gasteiger charge is 2.26. The second kappa shape index (κ2) is 9.13. The van der Waals surface area contributed by atoms with Gasteiger partial charge in [-0.2, -0.15) is 0 Å². The zero-order chi connectivity index (χ0) is 15.7. The Kier molecular flexibility index (Phi) is 8.30. The molecule has 8 heteroatoms. The molecule has 20 heavy (non-hydrogen) atoms. The summed E-state index contributed by atoms with van der Waals surface area (Å²) in [5.41, 5.74) is 0. The third-order valence-electron chi connectivity index (χ3n) is 2.62. The first kappa shape index (κ1) is 18.2. The zero-order valence-electron chi connectivity index (χ0n) is 12.2. The summed E-state index contributed by atoms with van der Waals surface area (Å²) in [6.45, 7) is 3.40. The lowest BCUT2D eigenvalue weighted by molar-refractivity contribution is -0.141. The van der Waals surface area contributed by atoms with Gasteiger partial charge in [-0.3, -0.25) is 4.79 Å². The lowest BCUT2D eigenvalue weighted by atomic mass is 10.2. The van der Waals surface area contributed by atoms with Crippen molar-refractivity contribution >= 4 is 18.0 Å². The Morgan fingerprint density at radius 1 is 1.25 bits per heavy atom. The van der Waals surface area contributed by atoms with Gasteiger partial charge in [-0.15, -0.1) is 0 Å². The number of carbonyl (C=O) groups is 3. The summed E-state index contributed by atoms with van der Waals surface area (Å²) in [6, 6.07) is -1.97. The molecule has 0 fully saturated rings. The average molecular weight is 290 g/mol. The second-order valence-electron chi connectivity index (χ2n) is 4.42. The quantitative estimate of drug-likeness (QED) is 0.613. The van der Waals surface area contributed by atoms with E-state index in [1.807, 2.05) is 0 Å². The Balaban J connectivity index is 4.70. The molecule has 0 aliphatic rings. The summed E-state index contributed by atoms with van der Waals surface area (Å²) in [6.07, 6.45) is 0.141. The number of amides is 2. The van der Waals surface area contributed by atoms with Crippen LogP contribution in [-0.4, -0.2) is 67.4 Å². The van der Waals surface area contributed by atoms with Gasteiger partial charge in [-0.1, -0.05) is 0 Å². The molecule has 0 radical (unpaired) electrons. The average Bonchev–Trinajstić information content (AvgIpc) is 2.39. The molecule has 0 spiro atoms. The van der Waals surface area contributed by atoms with Crippen molar-refractivity contribution in [3.63, 3.8) is 0 Å². The van der Waals surface area contributed by atoms with Crippen molar-refractivity contribution in [1.82, 2.24) is 10.2 Å². The van der Waals surface area contributed by atoms with E-state index in [0.717, 1.165) is 0 Å².